The fourth-order valence-electron chi connectivity index (χ4n) is 1.12. The van der Waals surface area contributed by atoms with E-state index in [0.717, 1.165) is 18.2 Å². The summed E-state index contributed by atoms with van der Waals surface area (Å²) >= 11 is 1.67. The van der Waals surface area contributed by atoms with Gasteiger partial charge in [0.15, 0.2) is 5.06 Å². The Morgan fingerprint density at radius 1 is 1.33 bits per heavy atom. The van der Waals surface area contributed by atoms with Crippen molar-refractivity contribution in [3.63, 3.8) is 0 Å². The molecule has 1 heterocycles. The van der Waals surface area contributed by atoms with Crippen LogP contribution >= 0.6 is 11.3 Å². The molecule has 1 rings (SSSR count). The van der Waals surface area contributed by atoms with Gasteiger partial charge in [-0.3, -0.25) is 0 Å². The molecule has 1 aromatic rings. The Morgan fingerprint density at radius 2 is 2.07 bits per heavy atom. The Morgan fingerprint density at radius 3 is 2.60 bits per heavy atom. The monoisotopic (exact) mass is 229 g/mol. The minimum absolute atomic E-state index is 0.110. The fraction of sp³-hybridized carbons (Fsp3) is 0.636. The van der Waals surface area contributed by atoms with Crippen LogP contribution in [0.2, 0.25) is 0 Å². The van der Waals surface area contributed by atoms with Crippen molar-refractivity contribution in [2.24, 2.45) is 0 Å². The first-order valence-corrected chi connectivity index (χ1v) is 5.77. The van der Waals surface area contributed by atoms with E-state index in [1.165, 1.54) is 4.88 Å². The molecule has 0 amide bonds. The standard InChI is InChI=1S/C11H19NO2S/c1-11(2,14-4)8-12-7-9-5-6-10(13-3)15-9/h5-6,12H,7-8H2,1-4H3. The van der Waals surface area contributed by atoms with E-state index in [-0.39, 0.29) is 5.60 Å². The number of rotatable bonds is 6. The van der Waals surface area contributed by atoms with E-state index in [4.69, 9.17) is 9.47 Å². The summed E-state index contributed by atoms with van der Waals surface area (Å²) < 4.78 is 10.4. The van der Waals surface area contributed by atoms with E-state index in [2.05, 4.69) is 25.2 Å². The van der Waals surface area contributed by atoms with Crippen molar-refractivity contribution in [2.75, 3.05) is 20.8 Å². The average Bonchev–Trinajstić information content (AvgIpc) is 2.66. The summed E-state index contributed by atoms with van der Waals surface area (Å²) in [5.74, 6) is 0. The third-order valence-corrected chi connectivity index (χ3v) is 3.29. The molecule has 0 saturated carbocycles. The van der Waals surface area contributed by atoms with E-state index in [1.54, 1.807) is 25.6 Å². The van der Waals surface area contributed by atoms with Crippen LogP contribution in [-0.4, -0.2) is 26.4 Å². The van der Waals surface area contributed by atoms with Crippen molar-refractivity contribution in [3.8, 4) is 5.06 Å². The Labute approximate surface area is 95.4 Å². The van der Waals surface area contributed by atoms with Crippen LogP contribution in [0.15, 0.2) is 12.1 Å². The quantitative estimate of drug-likeness (QED) is 0.811. The Bertz CT molecular complexity index is 297. The largest absolute Gasteiger partial charge is 0.487 e. The van der Waals surface area contributed by atoms with Crippen molar-refractivity contribution in [1.29, 1.82) is 0 Å². The highest BCUT2D eigenvalue weighted by Gasteiger charge is 2.15. The van der Waals surface area contributed by atoms with Crippen molar-refractivity contribution in [1.82, 2.24) is 5.32 Å². The maximum Gasteiger partial charge on any atom is 0.173 e. The molecule has 0 atom stereocenters. The maximum absolute atomic E-state index is 5.32. The molecule has 0 aliphatic carbocycles. The zero-order chi connectivity index (χ0) is 11.3. The molecule has 0 aromatic carbocycles. The topological polar surface area (TPSA) is 30.5 Å². The predicted octanol–water partition coefficient (Wildman–Crippen LogP) is 2.27. The first-order chi connectivity index (χ1) is 7.07. The van der Waals surface area contributed by atoms with Gasteiger partial charge in [-0.15, -0.1) is 11.3 Å². The van der Waals surface area contributed by atoms with Crippen LogP contribution in [0.25, 0.3) is 0 Å². The molecule has 0 spiro atoms. The summed E-state index contributed by atoms with van der Waals surface area (Å²) in [5.41, 5.74) is -0.110. The number of methoxy groups -OCH3 is 2. The molecular formula is C11H19NO2S. The lowest BCUT2D eigenvalue weighted by Crippen LogP contribution is -2.36. The molecule has 3 nitrogen and oxygen atoms in total. The first kappa shape index (κ1) is 12.5. The number of thiophene rings is 1. The highest BCUT2D eigenvalue weighted by Crippen LogP contribution is 2.23. The van der Waals surface area contributed by atoms with Gasteiger partial charge in [0.05, 0.1) is 12.7 Å². The van der Waals surface area contributed by atoms with Gasteiger partial charge in [0.1, 0.15) is 0 Å². The van der Waals surface area contributed by atoms with Gasteiger partial charge in [-0.2, -0.15) is 0 Å². The number of hydrogen-bond donors (Lipinski definition) is 1. The summed E-state index contributed by atoms with van der Waals surface area (Å²) in [6.07, 6.45) is 0. The van der Waals surface area contributed by atoms with Gasteiger partial charge in [-0.25, -0.2) is 0 Å². The summed E-state index contributed by atoms with van der Waals surface area (Å²) in [4.78, 5) is 1.28. The highest BCUT2D eigenvalue weighted by atomic mass is 32.1. The number of nitrogens with one attached hydrogen (secondary N) is 1. The van der Waals surface area contributed by atoms with Crippen LogP contribution in [0.5, 0.6) is 5.06 Å². The minimum Gasteiger partial charge on any atom is -0.487 e. The van der Waals surface area contributed by atoms with Crippen LogP contribution in [-0.2, 0) is 11.3 Å². The van der Waals surface area contributed by atoms with Crippen LogP contribution < -0.4 is 10.1 Å². The van der Waals surface area contributed by atoms with E-state index in [9.17, 15) is 0 Å². The number of ether oxygens (including phenoxy) is 2. The molecule has 0 aliphatic rings. The summed E-state index contributed by atoms with van der Waals surface area (Å²) in [7, 11) is 3.42. The molecule has 1 N–H and O–H groups in total. The molecule has 86 valence electrons. The zero-order valence-corrected chi connectivity index (χ0v) is 10.6. The Hall–Kier alpha value is -0.580. The minimum atomic E-state index is -0.110. The summed E-state index contributed by atoms with van der Waals surface area (Å²) in [6, 6.07) is 4.07. The van der Waals surface area contributed by atoms with Gasteiger partial charge < -0.3 is 14.8 Å². The second kappa shape index (κ2) is 5.49. The van der Waals surface area contributed by atoms with E-state index in [1.807, 2.05) is 6.07 Å². The maximum atomic E-state index is 5.32. The van der Waals surface area contributed by atoms with Crippen LogP contribution in [0.4, 0.5) is 0 Å². The second-order valence-electron chi connectivity index (χ2n) is 3.99. The normalized spacial score (nSPS) is 11.7. The van der Waals surface area contributed by atoms with E-state index in [0.29, 0.717) is 0 Å². The highest BCUT2D eigenvalue weighted by molar-refractivity contribution is 7.13. The Kier molecular flexibility index (Phi) is 4.57. The van der Waals surface area contributed by atoms with Crippen molar-refractivity contribution < 1.29 is 9.47 Å². The molecule has 0 fully saturated rings. The smallest absolute Gasteiger partial charge is 0.173 e. The molecule has 4 heteroatoms. The lowest BCUT2D eigenvalue weighted by molar-refractivity contribution is 0.0231. The number of hydrogen-bond acceptors (Lipinski definition) is 4. The lowest BCUT2D eigenvalue weighted by Gasteiger charge is -2.22. The molecule has 1 aromatic heterocycles. The molecule has 0 unspecified atom stereocenters. The molecule has 15 heavy (non-hydrogen) atoms. The second-order valence-corrected chi connectivity index (χ2v) is 5.12. The fourth-order valence-corrected chi connectivity index (χ4v) is 1.91. The summed E-state index contributed by atoms with van der Waals surface area (Å²) in [6.45, 7) is 5.83. The predicted molar refractivity (Wildman–Crippen MR) is 63.7 cm³/mol. The van der Waals surface area contributed by atoms with Crippen LogP contribution in [0.3, 0.4) is 0 Å². The van der Waals surface area contributed by atoms with Gasteiger partial charge in [-0.1, -0.05) is 0 Å². The molecular weight excluding hydrogens is 210 g/mol. The average molecular weight is 229 g/mol. The summed E-state index contributed by atoms with van der Waals surface area (Å²) in [5, 5.41) is 4.32. The lowest BCUT2D eigenvalue weighted by atomic mass is 10.1. The Balaban J connectivity index is 2.31. The third-order valence-electron chi connectivity index (χ3n) is 2.24. The molecule has 0 radical (unpaired) electrons. The molecule has 0 saturated heterocycles. The molecule has 0 aliphatic heterocycles. The van der Waals surface area contributed by atoms with Crippen molar-refractivity contribution >= 4 is 11.3 Å². The third kappa shape index (κ3) is 4.20. The van der Waals surface area contributed by atoms with Crippen molar-refractivity contribution in [2.45, 2.75) is 26.0 Å². The zero-order valence-electron chi connectivity index (χ0n) is 9.79. The van der Waals surface area contributed by atoms with Crippen LogP contribution in [0.1, 0.15) is 18.7 Å². The van der Waals surface area contributed by atoms with Gasteiger partial charge in [0.2, 0.25) is 0 Å². The van der Waals surface area contributed by atoms with Crippen LogP contribution in [0, 0.1) is 0 Å². The van der Waals surface area contributed by atoms with Crippen molar-refractivity contribution in [3.05, 3.63) is 17.0 Å². The molecule has 0 bridgehead atoms. The van der Waals surface area contributed by atoms with Gasteiger partial charge in [-0.05, 0) is 26.0 Å². The van der Waals surface area contributed by atoms with Gasteiger partial charge in [0, 0.05) is 25.1 Å². The van der Waals surface area contributed by atoms with Gasteiger partial charge >= 0.3 is 0 Å². The van der Waals surface area contributed by atoms with Gasteiger partial charge in [0.25, 0.3) is 0 Å². The van der Waals surface area contributed by atoms with E-state index >= 15 is 0 Å². The first-order valence-electron chi connectivity index (χ1n) is 4.96. The van der Waals surface area contributed by atoms with E-state index < -0.39 is 0 Å². The SMILES string of the molecule is COc1ccc(CNCC(C)(C)OC)s1.